The maximum Gasteiger partial charge on any atom is 0.496 e. The second kappa shape index (κ2) is 10.7. The Bertz CT molecular complexity index is 1410. The molecule has 0 aliphatic carbocycles. The molecule has 2 aromatic heterocycles. The van der Waals surface area contributed by atoms with Crippen LogP contribution in [0, 0.1) is 5.82 Å². The highest BCUT2D eigenvalue weighted by Gasteiger charge is 2.52. The van der Waals surface area contributed by atoms with Crippen molar-refractivity contribution in [2.24, 2.45) is 15.8 Å². The monoisotopic (exact) mass is 560 g/mol. The second-order valence-electron chi connectivity index (χ2n) is 11.7. The van der Waals surface area contributed by atoms with Gasteiger partial charge in [-0.25, -0.2) is 19.0 Å². The van der Waals surface area contributed by atoms with Gasteiger partial charge < -0.3 is 24.8 Å². The van der Waals surface area contributed by atoms with Crippen LogP contribution in [0.25, 0.3) is 0 Å². The molecule has 41 heavy (non-hydrogen) atoms. The Balaban J connectivity index is 1.27. The van der Waals surface area contributed by atoms with Crippen molar-refractivity contribution in [3.05, 3.63) is 71.6 Å². The van der Waals surface area contributed by atoms with Gasteiger partial charge in [-0.3, -0.25) is 4.99 Å². The second-order valence-corrected chi connectivity index (χ2v) is 11.7. The molecule has 5 rings (SSSR count). The molecular formula is C29H38BFN8O2. The van der Waals surface area contributed by atoms with Gasteiger partial charge in [0.1, 0.15) is 17.3 Å². The largest absolute Gasteiger partial charge is 0.496 e. The number of anilines is 1. The van der Waals surface area contributed by atoms with Gasteiger partial charge >= 0.3 is 7.12 Å². The molecule has 12 heteroatoms. The Labute approximate surface area is 241 Å². The fourth-order valence-electron chi connectivity index (χ4n) is 5.12. The van der Waals surface area contributed by atoms with E-state index in [1.54, 1.807) is 36.3 Å². The molecule has 0 amide bonds. The minimum Gasteiger partial charge on any atom is -0.399 e. The van der Waals surface area contributed by atoms with E-state index >= 15 is 0 Å². The molecule has 2 saturated heterocycles. The van der Waals surface area contributed by atoms with Crippen molar-refractivity contribution < 1.29 is 13.7 Å². The number of aliphatic imine (C=N–C) groups is 1. The van der Waals surface area contributed by atoms with Gasteiger partial charge in [-0.05, 0) is 58.4 Å². The lowest BCUT2D eigenvalue weighted by Gasteiger charge is -2.36. The van der Waals surface area contributed by atoms with E-state index in [4.69, 9.17) is 15.0 Å². The third-order valence-corrected chi connectivity index (χ3v) is 8.48. The summed E-state index contributed by atoms with van der Waals surface area (Å²) in [6, 6.07) is 8.20. The average molecular weight is 560 g/mol. The first-order chi connectivity index (χ1) is 19.4. The molecule has 2 fully saturated rings. The van der Waals surface area contributed by atoms with Crippen LogP contribution in [0.4, 0.5) is 10.3 Å². The molecule has 0 saturated carbocycles. The van der Waals surface area contributed by atoms with E-state index in [1.807, 2.05) is 46.9 Å². The molecule has 2 aliphatic heterocycles. The van der Waals surface area contributed by atoms with Crippen molar-refractivity contribution in [3.8, 4) is 0 Å². The molecule has 2 N–H and O–H groups in total. The fourth-order valence-corrected chi connectivity index (χ4v) is 5.12. The Hall–Kier alpha value is -3.61. The molecule has 3 aromatic rings. The van der Waals surface area contributed by atoms with Crippen LogP contribution in [-0.4, -0.2) is 83.6 Å². The van der Waals surface area contributed by atoms with Crippen molar-refractivity contribution in [1.82, 2.24) is 19.5 Å². The van der Waals surface area contributed by atoms with Gasteiger partial charge in [-0.15, -0.1) is 0 Å². The Morgan fingerprint density at radius 3 is 2.15 bits per heavy atom. The lowest BCUT2D eigenvalue weighted by atomic mass is 9.81. The quantitative estimate of drug-likeness (QED) is 0.281. The summed E-state index contributed by atoms with van der Waals surface area (Å²) in [5.74, 6) is 1.15. The molecule has 216 valence electrons. The summed E-state index contributed by atoms with van der Waals surface area (Å²) in [6.07, 6.45) is 5.38. The Kier molecular flexibility index (Phi) is 7.52. The summed E-state index contributed by atoms with van der Waals surface area (Å²) < 4.78 is 27.6. The van der Waals surface area contributed by atoms with E-state index in [-0.39, 0.29) is 5.82 Å². The summed E-state index contributed by atoms with van der Waals surface area (Å²) >= 11 is 0. The highest BCUT2D eigenvalue weighted by atomic mass is 19.1. The molecule has 0 radical (unpaired) electrons. The standard InChI is InChI=1S/C29H38BFN8O2/c1-27(2)28(3,4)41-30(40-27)22-16-24(39(19-22)34-7)25(33-6)37-12-14-38(15-13-37)26-35-17-21(18-36-26)29(5,32)20-8-10-23(31)11-9-20/h8-11,16-19H,7,12-15,32H2,1-6H3/t29-/m0/s1. The highest BCUT2D eigenvalue weighted by Crippen LogP contribution is 2.36. The number of hydrogen-bond donors (Lipinski definition) is 1. The number of halogens is 1. The minimum absolute atomic E-state index is 0.300. The van der Waals surface area contributed by atoms with Crippen molar-refractivity contribution in [2.75, 3.05) is 38.1 Å². The first-order valence-corrected chi connectivity index (χ1v) is 13.8. The van der Waals surface area contributed by atoms with Crippen LogP contribution in [0.1, 0.15) is 51.4 Å². The first kappa shape index (κ1) is 28.9. The van der Waals surface area contributed by atoms with E-state index in [0.717, 1.165) is 41.2 Å². The maximum absolute atomic E-state index is 13.4. The van der Waals surface area contributed by atoms with Crippen LogP contribution in [0.3, 0.4) is 0 Å². The van der Waals surface area contributed by atoms with Crippen molar-refractivity contribution in [2.45, 2.75) is 51.4 Å². The first-order valence-electron chi connectivity index (χ1n) is 13.8. The van der Waals surface area contributed by atoms with Crippen LogP contribution in [0.15, 0.2) is 59.0 Å². The molecule has 0 bridgehead atoms. The zero-order valence-corrected chi connectivity index (χ0v) is 24.6. The fraction of sp³-hybridized carbons (Fsp3) is 0.448. The molecule has 1 atom stereocenters. The molecule has 10 nitrogen and oxygen atoms in total. The van der Waals surface area contributed by atoms with Crippen molar-refractivity contribution >= 4 is 31.1 Å². The van der Waals surface area contributed by atoms with Gasteiger partial charge in [-0.2, -0.15) is 5.10 Å². The minimum atomic E-state index is -0.843. The van der Waals surface area contributed by atoms with Gasteiger partial charge in [0, 0.05) is 69.6 Å². The number of piperazine rings is 1. The molecule has 0 unspecified atom stereocenters. The topological polar surface area (TPSA) is 106 Å². The highest BCUT2D eigenvalue weighted by molar-refractivity contribution is 6.62. The molecule has 1 aromatic carbocycles. The molecular weight excluding hydrogens is 522 g/mol. The van der Waals surface area contributed by atoms with E-state index in [1.165, 1.54) is 12.1 Å². The van der Waals surface area contributed by atoms with Crippen LogP contribution < -0.4 is 16.1 Å². The summed E-state index contributed by atoms with van der Waals surface area (Å²) in [4.78, 5) is 18.2. The Morgan fingerprint density at radius 2 is 1.61 bits per heavy atom. The smallest absolute Gasteiger partial charge is 0.399 e. The number of rotatable bonds is 6. The van der Waals surface area contributed by atoms with Gasteiger partial charge in [0.05, 0.1) is 16.7 Å². The maximum atomic E-state index is 13.4. The van der Waals surface area contributed by atoms with Gasteiger partial charge in [0.2, 0.25) is 5.95 Å². The number of benzene rings is 1. The van der Waals surface area contributed by atoms with Gasteiger partial charge in [0.15, 0.2) is 0 Å². The number of hydrogen-bond acceptors (Lipinski definition) is 8. The third kappa shape index (κ3) is 5.39. The zero-order valence-electron chi connectivity index (χ0n) is 24.6. The molecule has 2 aliphatic rings. The zero-order chi connectivity index (χ0) is 29.6. The predicted octanol–water partition coefficient (Wildman–Crippen LogP) is 2.60. The molecule has 0 spiro atoms. The number of nitrogens with two attached hydrogens (primary N) is 1. The van der Waals surface area contributed by atoms with E-state index in [0.29, 0.717) is 19.0 Å². The summed E-state index contributed by atoms with van der Waals surface area (Å²) in [5, 5.41) is 4.20. The van der Waals surface area contributed by atoms with Gasteiger partial charge in [-0.1, -0.05) is 12.1 Å². The lowest BCUT2D eigenvalue weighted by Crippen LogP contribution is -2.50. The predicted molar refractivity (Wildman–Crippen MR) is 160 cm³/mol. The van der Waals surface area contributed by atoms with E-state index < -0.39 is 23.9 Å². The van der Waals surface area contributed by atoms with Crippen molar-refractivity contribution in [1.29, 1.82) is 0 Å². The SMILES string of the molecule is C=Nn1cc(B2OC(C)(C)C(C)(C)O2)cc1C(=NC)N1CCN(c2ncc([C@@](C)(N)c3ccc(F)cc3)cn2)CC1. The summed E-state index contributed by atoms with van der Waals surface area (Å²) in [6.45, 7) is 16.6. The summed E-state index contributed by atoms with van der Waals surface area (Å²) in [5.41, 5.74) is 8.09. The third-order valence-electron chi connectivity index (χ3n) is 8.48. The number of amidine groups is 1. The van der Waals surface area contributed by atoms with Crippen LogP contribution >= 0.6 is 0 Å². The summed E-state index contributed by atoms with van der Waals surface area (Å²) in [7, 11) is 1.28. The van der Waals surface area contributed by atoms with Crippen LogP contribution in [-0.2, 0) is 14.8 Å². The normalized spacial score (nSPS) is 20.3. The number of nitrogens with zero attached hydrogens (tertiary/aromatic N) is 7. The van der Waals surface area contributed by atoms with Crippen LogP contribution in [0.5, 0.6) is 0 Å². The van der Waals surface area contributed by atoms with Gasteiger partial charge in [0.25, 0.3) is 0 Å². The molecule has 4 heterocycles. The van der Waals surface area contributed by atoms with Crippen molar-refractivity contribution in [3.63, 3.8) is 0 Å². The lowest BCUT2D eigenvalue weighted by molar-refractivity contribution is 0.00578. The van der Waals surface area contributed by atoms with Crippen LogP contribution in [0.2, 0.25) is 0 Å². The Morgan fingerprint density at radius 1 is 1.02 bits per heavy atom. The van der Waals surface area contributed by atoms with E-state index in [9.17, 15) is 4.39 Å². The average Bonchev–Trinajstić information content (AvgIpc) is 3.47. The number of aromatic nitrogens is 3. The van der Waals surface area contributed by atoms with E-state index in [2.05, 4.69) is 36.6 Å².